The summed E-state index contributed by atoms with van der Waals surface area (Å²) in [6.45, 7) is 1.46. The molecule has 86 valence electrons. The van der Waals surface area contributed by atoms with Crippen molar-refractivity contribution in [3.05, 3.63) is 0 Å². The first kappa shape index (κ1) is 12.0. The molecule has 1 aliphatic carbocycles. The number of rotatable bonds is 3. The summed E-state index contributed by atoms with van der Waals surface area (Å²) in [5, 5.41) is 11.1. The van der Waals surface area contributed by atoms with Gasteiger partial charge in [-0.2, -0.15) is 0 Å². The predicted octanol–water partition coefficient (Wildman–Crippen LogP) is 0.0932. The molecule has 5 heteroatoms. The maximum absolute atomic E-state index is 11.6. The van der Waals surface area contributed by atoms with Crippen molar-refractivity contribution in [1.29, 1.82) is 0 Å². The number of carboxylic acids is 1. The number of hydrogen-bond donors (Lipinski definition) is 3. The lowest BCUT2D eigenvalue weighted by atomic mass is 9.85. The molecule has 15 heavy (non-hydrogen) atoms. The van der Waals surface area contributed by atoms with Gasteiger partial charge in [0.05, 0.1) is 0 Å². The average molecular weight is 214 g/mol. The molecule has 1 aliphatic rings. The molecule has 0 aromatic rings. The van der Waals surface area contributed by atoms with Crippen molar-refractivity contribution in [2.24, 2.45) is 11.7 Å². The Morgan fingerprint density at radius 2 is 2.13 bits per heavy atom. The zero-order valence-corrected chi connectivity index (χ0v) is 8.90. The van der Waals surface area contributed by atoms with Crippen LogP contribution in [0.5, 0.6) is 0 Å². The number of carbonyl (C=O) groups is 2. The highest BCUT2D eigenvalue weighted by molar-refractivity contribution is 5.84. The highest BCUT2D eigenvalue weighted by Crippen LogP contribution is 2.23. The van der Waals surface area contributed by atoms with Gasteiger partial charge in [-0.05, 0) is 26.2 Å². The molecule has 0 aromatic carbocycles. The van der Waals surface area contributed by atoms with Crippen LogP contribution in [0.4, 0.5) is 0 Å². The molecule has 0 radical (unpaired) electrons. The van der Waals surface area contributed by atoms with E-state index in [1.807, 2.05) is 0 Å². The van der Waals surface area contributed by atoms with Crippen LogP contribution >= 0.6 is 0 Å². The van der Waals surface area contributed by atoms with Crippen LogP contribution in [0, 0.1) is 5.92 Å². The summed E-state index contributed by atoms with van der Waals surface area (Å²) in [7, 11) is 0. The number of nitrogens with two attached hydrogens (primary N) is 1. The van der Waals surface area contributed by atoms with Crippen LogP contribution in [0.25, 0.3) is 0 Å². The van der Waals surface area contributed by atoms with Crippen molar-refractivity contribution in [2.45, 2.75) is 44.7 Å². The van der Waals surface area contributed by atoms with Crippen molar-refractivity contribution < 1.29 is 14.7 Å². The Kier molecular flexibility index (Phi) is 4.08. The van der Waals surface area contributed by atoms with Gasteiger partial charge in [0.2, 0.25) is 5.91 Å². The van der Waals surface area contributed by atoms with E-state index in [9.17, 15) is 9.59 Å². The van der Waals surface area contributed by atoms with Crippen molar-refractivity contribution >= 4 is 11.9 Å². The smallest absolute Gasteiger partial charge is 0.325 e. The molecule has 1 amide bonds. The lowest BCUT2D eigenvalue weighted by molar-refractivity contribution is -0.142. The number of carboxylic acid groups (broad SMARTS) is 1. The molecular formula is C10H18N2O3. The predicted molar refractivity (Wildman–Crippen MR) is 55.2 cm³/mol. The second-order valence-electron chi connectivity index (χ2n) is 4.19. The first-order valence-electron chi connectivity index (χ1n) is 5.29. The molecule has 0 aliphatic heterocycles. The van der Waals surface area contributed by atoms with Crippen LogP contribution in [0.15, 0.2) is 0 Å². The van der Waals surface area contributed by atoms with Gasteiger partial charge in [-0.1, -0.05) is 6.42 Å². The Morgan fingerprint density at radius 1 is 1.47 bits per heavy atom. The van der Waals surface area contributed by atoms with Gasteiger partial charge in [-0.3, -0.25) is 9.59 Å². The Morgan fingerprint density at radius 3 is 2.67 bits per heavy atom. The number of nitrogens with one attached hydrogen (secondary N) is 1. The van der Waals surface area contributed by atoms with Gasteiger partial charge < -0.3 is 16.2 Å². The summed E-state index contributed by atoms with van der Waals surface area (Å²) in [6.07, 6.45) is 3.38. The SMILES string of the molecule is C[C@H](NC(=O)C1CCCC(N)C1)C(=O)O. The summed E-state index contributed by atoms with van der Waals surface area (Å²) in [6, 6.07) is -0.745. The van der Waals surface area contributed by atoms with Gasteiger partial charge in [0.1, 0.15) is 6.04 Å². The van der Waals surface area contributed by atoms with E-state index in [1.165, 1.54) is 6.92 Å². The van der Waals surface area contributed by atoms with Gasteiger partial charge in [-0.15, -0.1) is 0 Å². The fourth-order valence-corrected chi connectivity index (χ4v) is 1.86. The van der Waals surface area contributed by atoms with E-state index >= 15 is 0 Å². The Balaban J connectivity index is 2.42. The van der Waals surface area contributed by atoms with Crippen molar-refractivity contribution in [1.82, 2.24) is 5.32 Å². The molecule has 1 fully saturated rings. The molecule has 0 aromatic heterocycles. The number of carbonyl (C=O) groups excluding carboxylic acids is 1. The standard InChI is InChI=1S/C10H18N2O3/c1-6(10(14)15)12-9(13)7-3-2-4-8(11)5-7/h6-8H,2-5,11H2,1H3,(H,12,13)(H,14,15)/t6-,7?,8?/m0/s1. The van der Waals surface area contributed by atoms with E-state index in [4.69, 9.17) is 10.8 Å². The van der Waals surface area contributed by atoms with Crippen molar-refractivity contribution in [3.8, 4) is 0 Å². The van der Waals surface area contributed by atoms with Crippen molar-refractivity contribution in [3.63, 3.8) is 0 Å². The van der Waals surface area contributed by atoms with Gasteiger partial charge >= 0.3 is 5.97 Å². The zero-order valence-electron chi connectivity index (χ0n) is 8.90. The lowest BCUT2D eigenvalue weighted by Crippen LogP contribution is -2.44. The fraction of sp³-hybridized carbons (Fsp3) is 0.800. The first-order chi connectivity index (χ1) is 7.00. The fourth-order valence-electron chi connectivity index (χ4n) is 1.86. The maximum Gasteiger partial charge on any atom is 0.325 e. The summed E-state index contributed by atoms with van der Waals surface area (Å²) in [5.41, 5.74) is 5.76. The van der Waals surface area contributed by atoms with E-state index in [0.717, 1.165) is 19.3 Å². The molecule has 2 unspecified atom stereocenters. The summed E-state index contributed by atoms with van der Waals surface area (Å²) >= 11 is 0. The molecule has 4 N–H and O–H groups in total. The van der Waals surface area contributed by atoms with Crippen molar-refractivity contribution in [2.75, 3.05) is 0 Å². The van der Waals surface area contributed by atoms with Gasteiger partial charge in [0, 0.05) is 12.0 Å². The minimum atomic E-state index is -1.01. The van der Waals surface area contributed by atoms with Crippen LogP contribution in [0.2, 0.25) is 0 Å². The monoisotopic (exact) mass is 214 g/mol. The third kappa shape index (κ3) is 3.51. The van der Waals surface area contributed by atoms with E-state index in [0.29, 0.717) is 6.42 Å². The first-order valence-corrected chi connectivity index (χ1v) is 5.29. The zero-order chi connectivity index (χ0) is 11.4. The minimum Gasteiger partial charge on any atom is -0.480 e. The molecular weight excluding hydrogens is 196 g/mol. The van der Waals surface area contributed by atoms with Crippen LogP contribution < -0.4 is 11.1 Å². The second kappa shape index (κ2) is 5.11. The lowest BCUT2D eigenvalue weighted by Gasteiger charge is -2.26. The molecule has 0 saturated heterocycles. The molecule has 3 atom stereocenters. The van der Waals surface area contributed by atoms with E-state index in [-0.39, 0.29) is 17.9 Å². The molecule has 1 rings (SSSR count). The number of amides is 1. The van der Waals surface area contributed by atoms with Crippen LogP contribution in [-0.2, 0) is 9.59 Å². The van der Waals surface area contributed by atoms with Gasteiger partial charge in [0.15, 0.2) is 0 Å². The summed E-state index contributed by atoms with van der Waals surface area (Å²) in [4.78, 5) is 22.2. The van der Waals surface area contributed by atoms with E-state index in [1.54, 1.807) is 0 Å². The van der Waals surface area contributed by atoms with Crippen LogP contribution in [0.1, 0.15) is 32.6 Å². The molecule has 0 spiro atoms. The third-order valence-electron chi connectivity index (χ3n) is 2.81. The van der Waals surface area contributed by atoms with Gasteiger partial charge in [-0.25, -0.2) is 0 Å². The topological polar surface area (TPSA) is 92.4 Å². The molecule has 0 bridgehead atoms. The number of aliphatic carboxylic acids is 1. The highest BCUT2D eigenvalue weighted by Gasteiger charge is 2.27. The Bertz CT molecular complexity index is 255. The average Bonchev–Trinajstić information content (AvgIpc) is 2.17. The number of hydrogen-bond acceptors (Lipinski definition) is 3. The molecule has 0 heterocycles. The second-order valence-corrected chi connectivity index (χ2v) is 4.19. The van der Waals surface area contributed by atoms with Crippen LogP contribution in [-0.4, -0.2) is 29.1 Å². The van der Waals surface area contributed by atoms with E-state index < -0.39 is 12.0 Å². The summed E-state index contributed by atoms with van der Waals surface area (Å²) < 4.78 is 0. The minimum absolute atomic E-state index is 0.0784. The molecule has 1 saturated carbocycles. The quantitative estimate of drug-likeness (QED) is 0.621. The van der Waals surface area contributed by atoms with Gasteiger partial charge in [0.25, 0.3) is 0 Å². The Labute approximate surface area is 89.0 Å². The van der Waals surface area contributed by atoms with Crippen LogP contribution in [0.3, 0.4) is 0 Å². The maximum atomic E-state index is 11.6. The Hall–Kier alpha value is -1.10. The summed E-state index contributed by atoms with van der Waals surface area (Å²) in [5.74, 6) is -1.31. The third-order valence-corrected chi connectivity index (χ3v) is 2.81. The highest BCUT2D eigenvalue weighted by atomic mass is 16.4. The van der Waals surface area contributed by atoms with E-state index in [2.05, 4.69) is 5.32 Å². The largest absolute Gasteiger partial charge is 0.480 e. The molecule has 5 nitrogen and oxygen atoms in total. The normalized spacial score (nSPS) is 28.1.